The van der Waals surface area contributed by atoms with Gasteiger partial charge in [-0.1, -0.05) is 0 Å². The average molecular weight is 307 g/mol. The number of aromatic nitrogens is 2. The van der Waals surface area contributed by atoms with Crippen LogP contribution in [0.5, 0.6) is 0 Å². The van der Waals surface area contributed by atoms with Gasteiger partial charge >= 0.3 is 0 Å². The minimum Gasteiger partial charge on any atom is -0.397 e. The lowest BCUT2D eigenvalue weighted by Gasteiger charge is -2.11. The number of hydrogen-bond donors (Lipinski definition) is 3. The molecule has 2 aromatic heterocycles. The maximum Gasteiger partial charge on any atom is 0.264 e. The van der Waals surface area contributed by atoms with E-state index in [1.807, 2.05) is 13.8 Å². The summed E-state index contributed by atoms with van der Waals surface area (Å²) in [6.07, 6.45) is 0. The van der Waals surface area contributed by atoms with Gasteiger partial charge in [-0.25, -0.2) is 0 Å². The molecule has 0 bridgehead atoms. The van der Waals surface area contributed by atoms with Crippen LogP contribution < -0.4 is 16.4 Å². The Kier molecular flexibility index (Phi) is 4.08. The van der Waals surface area contributed by atoms with E-state index in [4.69, 9.17) is 5.73 Å². The fraction of sp³-hybridized carbons (Fsp3) is 0.385. The number of aryl methyl sites for hydroxylation is 2. The normalized spacial score (nSPS) is 12.2. The van der Waals surface area contributed by atoms with Gasteiger partial charge in [-0.3, -0.25) is 9.59 Å². The van der Waals surface area contributed by atoms with E-state index in [-0.39, 0.29) is 11.8 Å². The van der Waals surface area contributed by atoms with Gasteiger partial charge in [0.25, 0.3) is 5.91 Å². The van der Waals surface area contributed by atoms with Crippen LogP contribution in [0.25, 0.3) is 10.2 Å². The van der Waals surface area contributed by atoms with Gasteiger partial charge in [0, 0.05) is 12.4 Å². The minimum absolute atomic E-state index is 0.269. The Morgan fingerprint density at radius 2 is 1.95 bits per heavy atom. The third kappa shape index (κ3) is 2.66. The number of nitrogens with zero attached hydrogens (tertiary/aromatic N) is 2. The molecule has 7 nitrogen and oxygen atoms in total. The number of nitrogen functional groups attached to an aromatic ring is 1. The molecule has 0 aromatic carbocycles. The molecule has 0 saturated heterocycles. The number of amides is 2. The maximum atomic E-state index is 12.3. The molecule has 0 radical (unpaired) electrons. The van der Waals surface area contributed by atoms with Crippen LogP contribution in [-0.2, 0) is 4.79 Å². The lowest BCUT2D eigenvalue weighted by atomic mass is 10.1. The Morgan fingerprint density at radius 1 is 1.29 bits per heavy atom. The van der Waals surface area contributed by atoms with Gasteiger partial charge in [0.1, 0.15) is 15.7 Å². The van der Waals surface area contributed by atoms with Crippen molar-refractivity contribution >= 4 is 39.1 Å². The predicted molar refractivity (Wildman–Crippen MR) is 82.3 cm³/mol. The molecule has 0 spiro atoms. The Labute approximate surface area is 125 Å². The van der Waals surface area contributed by atoms with Crippen molar-refractivity contribution in [2.75, 3.05) is 12.8 Å². The summed E-state index contributed by atoms with van der Waals surface area (Å²) >= 11 is 1.17. The first-order valence-electron chi connectivity index (χ1n) is 6.41. The van der Waals surface area contributed by atoms with Crippen LogP contribution in [0.2, 0.25) is 0 Å². The van der Waals surface area contributed by atoms with E-state index >= 15 is 0 Å². The summed E-state index contributed by atoms with van der Waals surface area (Å²) in [4.78, 5) is 24.7. The van der Waals surface area contributed by atoms with Crippen molar-refractivity contribution in [2.45, 2.75) is 26.8 Å². The van der Waals surface area contributed by atoms with Crippen LogP contribution >= 0.6 is 11.3 Å². The van der Waals surface area contributed by atoms with Gasteiger partial charge in [0.15, 0.2) is 0 Å². The average Bonchev–Trinajstić information content (AvgIpc) is 2.79. The fourth-order valence-corrected chi connectivity index (χ4v) is 2.96. The van der Waals surface area contributed by atoms with Crippen molar-refractivity contribution in [3.8, 4) is 0 Å². The van der Waals surface area contributed by atoms with E-state index in [0.717, 1.165) is 16.6 Å². The maximum absolute atomic E-state index is 12.3. The molecular formula is C13H17N5O2S. The lowest BCUT2D eigenvalue weighted by molar-refractivity contribution is -0.122. The topological polar surface area (TPSA) is 110 Å². The smallest absolute Gasteiger partial charge is 0.264 e. The van der Waals surface area contributed by atoms with Crippen LogP contribution in [0.3, 0.4) is 0 Å². The van der Waals surface area contributed by atoms with Crippen molar-refractivity contribution in [1.82, 2.24) is 20.8 Å². The first-order chi connectivity index (χ1) is 9.86. The van der Waals surface area contributed by atoms with Crippen LogP contribution in [0, 0.1) is 13.8 Å². The molecule has 0 aliphatic carbocycles. The minimum atomic E-state index is -0.638. The number of hydrogen-bond acceptors (Lipinski definition) is 6. The summed E-state index contributed by atoms with van der Waals surface area (Å²) in [5.74, 6) is -0.654. The summed E-state index contributed by atoms with van der Waals surface area (Å²) in [7, 11) is 1.51. The van der Waals surface area contributed by atoms with Crippen LogP contribution in [0.4, 0.5) is 5.69 Å². The monoisotopic (exact) mass is 307 g/mol. The number of rotatable bonds is 3. The van der Waals surface area contributed by atoms with Gasteiger partial charge in [-0.15, -0.1) is 16.4 Å². The molecule has 2 amide bonds. The van der Waals surface area contributed by atoms with Crippen molar-refractivity contribution in [1.29, 1.82) is 0 Å². The number of nitrogens with two attached hydrogens (primary N) is 1. The number of nitrogens with one attached hydrogen (secondary N) is 2. The first kappa shape index (κ1) is 15.2. The number of thiophene rings is 1. The Balaban J connectivity index is 2.39. The number of carbonyl (C=O) groups is 2. The molecule has 1 unspecified atom stereocenters. The number of anilines is 1. The van der Waals surface area contributed by atoms with Gasteiger partial charge < -0.3 is 16.4 Å². The highest BCUT2D eigenvalue weighted by molar-refractivity contribution is 7.21. The van der Waals surface area contributed by atoms with E-state index in [1.165, 1.54) is 18.4 Å². The summed E-state index contributed by atoms with van der Waals surface area (Å²) in [6.45, 7) is 5.34. The number of likely N-dealkylation sites (N-methyl/N-ethyl adjacent to an activating group) is 1. The zero-order valence-electron chi connectivity index (χ0n) is 12.3. The highest BCUT2D eigenvalue weighted by atomic mass is 32.1. The zero-order valence-corrected chi connectivity index (χ0v) is 13.1. The highest BCUT2D eigenvalue weighted by Gasteiger charge is 2.22. The van der Waals surface area contributed by atoms with Crippen molar-refractivity contribution in [2.24, 2.45) is 0 Å². The second kappa shape index (κ2) is 5.65. The van der Waals surface area contributed by atoms with E-state index in [0.29, 0.717) is 15.4 Å². The van der Waals surface area contributed by atoms with E-state index in [9.17, 15) is 9.59 Å². The molecular weight excluding hydrogens is 290 g/mol. The Bertz CT molecular complexity index is 725. The largest absolute Gasteiger partial charge is 0.397 e. The van der Waals surface area contributed by atoms with Crippen molar-refractivity contribution < 1.29 is 9.59 Å². The Morgan fingerprint density at radius 3 is 2.57 bits per heavy atom. The van der Waals surface area contributed by atoms with Gasteiger partial charge in [0.2, 0.25) is 5.91 Å². The summed E-state index contributed by atoms with van der Waals surface area (Å²) < 4.78 is 0. The second-order valence-electron chi connectivity index (χ2n) is 4.74. The van der Waals surface area contributed by atoms with Crippen molar-refractivity contribution in [3.05, 3.63) is 16.1 Å². The molecule has 8 heteroatoms. The van der Waals surface area contributed by atoms with Crippen molar-refractivity contribution in [3.63, 3.8) is 0 Å². The lowest BCUT2D eigenvalue weighted by Crippen LogP contribution is -2.43. The SMILES string of the molecule is CNC(=O)C(C)NC(=O)c1sc2nnc(C)c(C)c2c1N. The first-order valence-corrected chi connectivity index (χ1v) is 7.22. The molecule has 112 valence electrons. The standard InChI is InChI=1S/C13H17N5O2S/c1-5-6(2)17-18-13-8(5)9(14)10(21-13)12(20)16-7(3)11(19)15-4/h7H,14H2,1-4H3,(H,15,19)(H,16,20). The van der Waals surface area contributed by atoms with Gasteiger partial charge in [0.05, 0.1) is 11.4 Å². The molecule has 2 aromatic rings. The number of fused-ring (bicyclic) bond motifs is 1. The third-order valence-electron chi connectivity index (χ3n) is 3.33. The summed E-state index contributed by atoms with van der Waals surface area (Å²) in [6, 6.07) is -0.638. The van der Waals surface area contributed by atoms with E-state index in [2.05, 4.69) is 20.8 Å². The van der Waals surface area contributed by atoms with Gasteiger partial charge in [-0.05, 0) is 26.3 Å². The summed E-state index contributed by atoms with van der Waals surface area (Å²) in [5.41, 5.74) is 8.14. The molecule has 0 saturated carbocycles. The third-order valence-corrected chi connectivity index (χ3v) is 4.42. The van der Waals surface area contributed by atoms with Crippen LogP contribution in [-0.4, -0.2) is 35.1 Å². The summed E-state index contributed by atoms with van der Waals surface area (Å²) in [5, 5.41) is 13.9. The highest BCUT2D eigenvalue weighted by Crippen LogP contribution is 2.34. The molecule has 2 rings (SSSR count). The molecule has 21 heavy (non-hydrogen) atoms. The zero-order chi connectivity index (χ0) is 15.7. The van der Waals surface area contributed by atoms with Crippen LogP contribution in [0.1, 0.15) is 27.9 Å². The molecule has 2 heterocycles. The van der Waals surface area contributed by atoms with Gasteiger partial charge in [-0.2, -0.15) is 5.10 Å². The molecule has 0 aliphatic heterocycles. The van der Waals surface area contributed by atoms with E-state index in [1.54, 1.807) is 6.92 Å². The molecule has 0 aliphatic rings. The second-order valence-corrected chi connectivity index (χ2v) is 5.74. The fourth-order valence-electron chi connectivity index (χ4n) is 1.95. The molecule has 1 atom stereocenters. The predicted octanol–water partition coefficient (Wildman–Crippen LogP) is 0.755. The molecule has 0 fully saturated rings. The van der Waals surface area contributed by atoms with Crippen LogP contribution in [0.15, 0.2) is 0 Å². The quantitative estimate of drug-likeness (QED) is 0.775. The number of carbonyl (C=O) groups excluding carboxylic acids is 2. The Hall–Kier alpha value is -2.22. The van der Waals surface area contributed by atoms with E-state index < -0.39 is 6.04 Å². The molecule has 4 N–H and O–H groups in total.